The average molecular weight is 414 g/mol. The van der Waals surface area contributed by atoms with Crippen LogP contribution in [0.4, 0.5) is 11.4 Å². The zero-order valence-electron chi connectivity index (χ0n) is 17.3. The van der Waals surface area contributed by atoms with E-state index in [4.69, 9.17) is 9.47 Å². The van der Waals surface area contributed by atoms with Gasteiger partial charge in [-0.05, 0) is 37.4 Å². The highest BCUT2D eigenvalue weighted by Crippen LogP contribution is 2.33. The van der Waals surface area contributed by atoms with E-state index >= 15 is 0 Å². The summed E-state index contributed by atoms with van der Waals surface area (Å²) in [6.45, 7) is 4.08. The van der Waals surface area contributed by atoms with Gasteiger partial charge in [-0.15, -0.1) is 0 Å². The maximum Gasteiger partial charge on any atom is 0.341 e. The number of rotatable bonds is 6. The minimum atomic E-state index is -0.464. The first-order chi connectivity index (χ1) is 15.1. The summed E-state index contributed by atoms with van der Waals surface area (Å²) < 4.78 is 10.3. The summed E-state index contributed by atoms with van der Waals surface area (Å²) in [5.41, 5.74) is 2.75. The Bertz CT molecular complexity index is 1280. The molecule has 6 nitrogen and oxygen atoms in total. The first-order valence-electron chi connectivity index (χ1n) is 10.1. The first-order valence-corrected chi connectivity index (χ1v) is 10.1. The van der Waals surface area contributed by atoms with Gasteiger partial charge in [-0.2, -0.15) is 0 Å². The van der Waals surface area contributed by atoms with Crippen molar-refractivity contribution in [1.82, 2.24) is 4.98 Å². The molecule has 0 bridgehead atoms. The molecule has 4 aromatic rings. The molecule has 1 aromatic heterocycles. The highest BCUT2D eigenvalue weighted by atomic mass is 16.5. The van der Waals surface area contributed by atoms with Gasteiger partial charge >= 0.3 is 11.9 Å². The van der Waals surface area contributed by atoms with Gasteiger partial charge in [0.05, 0.1) is 30.0 Å². The van der Waals surface area contributed by atoms with Crippen molar-refractivity contribution in [3.63, 3.8) is 0 Å². The summed E-state index contributed by atoms with van der Waals surface area (Å²) in [5, 5.41) is 6.13. The molecule has 6 heteroatoms. The molecule has 0 aliphatic rings. The number of nitrogens with zero attached hydrogens (tertiary/aromatic N) is 1. The van der Waals surface area contributed by atoms with E-state index in [2.05, 4.69) is 10.3 Å². The maximum atomic E-state index is 12.6. The number of nitrogens with one attached hydrogen (secondary N) is 1. The highest BCUT2D eigenvalue weighted by Gasteiger charge is 2.18. The normalized spacial score (nSPS) is 10.8. The SMILES string of the molecule is CCOC(=O)c1cccc(Nc2c(C(=O)OCC)cnc3c2ccc2ccccc23)c1. The lowest BCUT2D eigenvalue weighted by atomic mass is 10.0. The van der Waals surface area contributed by atoms with Crippen molar-refractivity contribution >= 4 is 45.0 Å². The zero-order valence-corrected chi connectivity index (χ0v) is 17.3. The molecule has 31 heavy (non-hydrogen) atoms. The summed E-state index contributed by atoms with van der Waals surface area (Å²) in [4.78, 5) is 29.4. The van der Waals surface area contributed by atoms with Gasteiger partial charge in [0.15, 0.2) is 0 Å². The fraction of sp³-hybridized carbons (Fsp3) is 0.160. The monoisotopic (exact) mass is 414 g/mol. The number of pyridine rings is 1. The van der Waals surface area contributed by atoms with Crippen molar-refractivity contribution in [2.45, 2.75) is 13.8 Å². The average Bonchev–Trinajstić information content (AvgIpc) is 2.79. The Labute approximate surface area is 179 Å². The molecular formula is C25H22N2O4. The fourth-order valence-electron chi connectivity index (χ4n) is 3.52. The van der Waals surface area contributed by atoms with E-state index in [0.717, 1.165) is 21.7 Å². The van der Waals surface area contributed by atoms with E-state index in [1.807, 2.05) is 42.5 Å². The smallest absolute Gasteiger partial charge is 0.341 e. The molecule has 3 aromatic carbocycles. The number of anilines is 2. The van der Waals surface area contributed by atoms with Crippen molar-refractivity contribution in [1.29, 1.82) is 0 Å². The second-order valence-corrected chi connectivity index (χ2v) is 6.88. The molecule has 0 fully saturated rings. The van der Waals surface area contributed by atoms with Crippen molar-refractivity contribution in [3.05, 3.63) is 78.0 Å². The highest BCUT2D eigenvalue weighted by molar-refractivity contribution is 6.13. The maximum absolute atomic E-state index is 12.6. The van der Waals surface area contributed by atoms with E-state index in [-0.39, 0.29) is 6.61 Å². The number of hydrogen-bond acceptors (Lipinski definition) is 6. The van der Waals surface area contributed by atoms with Gasteiger partial charge in [-0.25, -0.2) is 9.59 Å². The lowest BCUT2D eigenvalue weighted by molar-refractivity contribution is 0.0517. The molecule has 0 unspecified atom stereocenters. The van der Waals surface area contributed by atoms with Crippen LogP contribution in [0.3, 0.4) is 0 Å². The summed E-state index contributed by atoms with van der Waals surface area (Å²) in [6.07, 6.45) is 1.53. The minimum absolute atomic E-state index is 0.256. The summed E-state index contributed by atoms with van der Waals surface area (Å²) in [7, 11) is 0. The minimum Gasteiger partial charge on any atom is -0.462 e. The lowest BCUT2D eigenvalue weighted by Gasteiger charge is -2.15. The molecule has 0 aliphatic carbocycles. The Morgan fingerprint density at radius 1 is 0.871 bits per heavy atom. The van der Waals surface area contributed by atoms with Crippen LogP contribution in [-0.2, 0) is 9.47 Å². The van der Waals surface area contributed by atoms with Crippen molar-refractivity contribution in [2.75, 3.05) is 18.5 Å². The second-order valence-electron chi connectivity index (χ2n) is 6.88. The van der Waals surface area contributed by atoms with Gasteiger partial charge in [0, 0.05) is 22.7 Å². The molecule has 0 amide bonds. The number of ether oxygens (including phenoxy) is 2. The molecule has 1 N–H and O–H groups in total. The second kappa shape index (κ2) is 8.83. The van der Waals surface area contributed by atoms with Gasteiger partial charge in [-0.1, -0.05) is 42.5 Å². The number of benzene rings is 3. The molecule has 0 saturated carbocycles. The number of carbonyl (C=O) groups is 2. The van der Waals surface area contributed by atoms with Crippen molar-refractivity contribution < 1.29 is 19.1 Å². The predicted molar refractivity (Wildman–Crippen MR) is 121 cm³/mol. The number of carbonyl (C=O) groups excluding carboxylic acids is 2. The van der Waals surface area contributed by atoms with Gasteiger partial charge in [0.1, 0.15) is 5.56 Å². The van der Waals surface area contributed by atoms with E-state index < -0.39 is 11.9 Å². The Hall–Kier alpha value is -3.93. The van der Waals surface area contributed by atoms with Crippen molar-refractivity contribution in [3.8, 4) is 0 Å². The van der Waals surface area contributed by atoms with Crippen LogP contribution in [0.1, 0.15) is 34.6 Å². The van der Waals surface area contributed by atoms with Crippen LogP contribution < -0.4 is 5.32 Å². The van der Waals surface area contributed by atoms with E-state index in [1.54, 1.807) is 32.0 Å². The third-order valence-corrected chi connectivity index (χ3v) is 4.90. The molecule has 0 spiro atoms. The predicted octanol–water partition coefficient (Wildman–Crippen LogP) is 5.49. The van der Waals surface area contributed by atoms with Gasteiger partial charge in [0.25, 0.3) is 0 Å². The van der Waals surface area contributed by atoms with Crippen LogP contribution in [-0.4, -0.2) is 30.1 Å². The molecule has 0 aliphatic heterocycles. The molecule has 0 atom stereocenters. The van der Waals surface area contributed by atoms with Crippen LogP contribution >= 0.6 is 0 Å². The zero-order chi connectivity index (χ0) is 21.8. The quantitative estimate of drug-likeness (QED) is 0.332. The number of aromatic nitrogens is 1. The Kier molecular flexibility index (Phi) is 5.80. The summed E-state index contributed by atoms with van der Waals surface area (Å²) >= 11 is 0. The Balaban J connectivity index is 1.87. The Morgan fingerprint density at radius 3 is 2.45 bits per heavy atom. The van der Waals surface area contributed by atoms with Crippen LogP contribution in [0.15, 0.2) is 66.9 Å². The molecular weight excluding hydrogens is 392 g/mol. The van der Waals surface area contributed by atoms with E-state index in [1.165, 1.54) is 6.20 Å². The molecule has 4 rings (SSSR count). The molecule has 0 saturated heterocycles. The van der Waals surface area contributed by atoms with Crippen LogP contribution in [0.2, 0.25) is 0 Å². The van der Waals surface area contributed by atoms with Crippen LogP contribution in [0.5, 0.6) is 0 Å². The van der Waals surface area contributed by atoms with Crippen LogP contribution in [0, 0.1) is 0 Å². The number of esters is 2. The largest absolute Gasteiger partial charge is 0.462 e. The Morgan fingerprint density at radius 2 is 1.65 bits per heavy atom. The van der Waals surface area contributed by atoms with Crippen LogP contribution in [0.25, 0.3) is 21.7 Å². The van der Waals surface area contributed by atoms with E-state index in [9.17, 15) is 9.59 Å². The number of hydrogen-bond donors (Lipinski definition) is 1. The molecule has 156 valence electrons. The summed E-state index contributed by atoms with van der Waals surface area (Å²) in [5.74, 6) is -0.864. The van der Waals surface area contributed by atoms with Gasteiger partial charge in [0.2, 0.25) is 0 Å². The van der Waals surface area contributed by atoms with Gasteiger partial charge in [-0.3, -0.25) is 4.98 Å². The standard InChI is InChI=1S/C25H22N2O4/c1-3-30-24(28)17-9-7-10-18(14-17)27-23-20-13-12-16-8-5-6-11-19(16)22(20)26-15-21(23)25(29)31-4-2/h5-15H,3-4H2,1-2H3,(H,26,27). The topological polar surface area (TPSA) is 77.5 Å². The van der Waals surface area contributed by atoms with Gasteiger partial charge < -0.3 is 14.8 Å². The molecule has 0 radical (unpaired) electrons. The molecule has 1 heterocycles. The summed E-state index contributed by atoms with van der Waals surface area (Å²) in [6, 6.07) is 18.8. The lowest BCUT2D eigenvalue weighted by Crippen LogP contribution is -2.10. The third-order valence-electron chi connectivity index (χ3n) is 4.90. The van der Waals surface area contributed by atoms with E-state index in [0.29, 0.717) is 29.1 Å². The number of fused-ring (bicyclic) bond motifs is 3. The van der Waals surface area contributed by atoms with Crippen molar-refractivity contribution in [2.24, 2.45) is 0 Å². The third kappa shape index (κ3) is 4.05. The first kappa shape index (κ1) is 20.3. The fourth-order valence-corrected chi connectivity index (χ4v) is 3.52.